The number of amides is 1. The van der Waals surface area contributed by atoms with Gasteiger partial charge >= 0.3 is 0 Å². The molecule has 0 aromatic heterocycles. The van der Waals surface area contributed by atoms with Gasteiger partial charge in [0.2, 0.25) is 5.91 Å². The summed E-state index contributed by atoms with van der Waals surface area (Å²) in [6.45, 7) is 3.44. The Hall–Kier alpha value is -1.41. The van der Waals surface area contributed by atoms with Crippen molar-refractivity contribution in [1.82, 2.24) is 5.32 Å². The second kappa shape index (κ2) is 47.6. The zero-order valence-electron chi connectivity index (χ0n) is 44.6. The minimum Gasteiger partial charge on any atom is -0.394 e. The molecule has 1 amide bonds. The average Bonchev–Trinajstić information content (AvgIpc) is 3.35. The van der Waals surface area contributed by atoms with Crippen LogP contribution in [-0.4, -0.2) is 110 Å². The first-order chi connectivity index (χ1) is 33.7. The van der Waals surface area contributed by atoms with Gasteiger partial charge in [-0.3, -0.25) is 4.79 Å². The Kier molecular flexibility index (Phi) is 45.2. The fraction of sp³-hybridized carbons (Fsp3) is 0.914. The summed E-state index contributed by atoms with van der Waals surface area (Å²) in [5, 5.41) is 75.8. The van der Waals surface area contributed by atoms with Crippen LogP contribution < -0.4 is 5.32 Å². The maximum Gasteiger partial charge on any atom is 0.249 e. The molecule has 0 aromatic rings. The number of unbranched alkanes of at least 4 members (excludes halogenated alkanes) is 34. The lowest BCUT2D eigenvalue weighted by molar-refractivity contribution is -0.303. The summed E-state index contributed by atoms with van der Waals surface area (Å²) >= 11 is 0. The molecule has 0 spiro atoms. The predicted octanol–water partition coefficient (Wildman–Crippen LogP) is 12.1. The third kappa shape index (κ3) is 36.2. The lowest BCUT2D eigenvalue weighted by Gasteiger charge is -2.40. The molecule has 0 bridgehead atoms. The molecule has 0 radical (unpaired) electrons. The summed E-state index contributed by atoms with van der Waals surface area (Å²) in [5.74, 6) is -0.695. The molecule has 1 saturated heterocycles. The van der Waals surface area contributed by atoms with E-state index in [9.17, 15) is 40.5 Å². The second-order valence-electron chi connectivity index (χ2n) is 20.7. The number of rotatable bonds is 50. The van der Waals surface area contributed by atoms with Crippen molar-refractivity contribution in [2.75, 3.05) is 13.2 Å². The van der Waals surface area contributed by atoms with Gasteiger partial charge < -0.3 is 50.5 Å². The van der Waals surface area contributed by atoms with Gasteiger partial charge in [0.15, 0.2) is 6.29 Å². The number of ether oxygens (including phenoxy) is 2. The number of allylic oxidation sites excluding steroid dienone is 4. The van der Waals surface area contributed by atoms with Crippen molar-refractivity contribution in [1.29, 1.82) is 0 Å². The third-order valence-electron chi connectivity index (χ3n) is 14.3. The fourth-order valence-corrected chi connectivity index (χ4v) is 9.47. The fourth-order valence-electron chi connectivity index (χ4n) is 9.47. The standard InChI is InChI=1S/C58H111NO10/c1-3-5-7-9-11-13-15-16-17-18-19-20-21-22-23-24-25-26-27-28-29-30-31-32-33-34-35-36-38-40-42-44-46-51(62)57(67)59-49(48-68-58-56(66)55(65)54(64)52(47-60)69-58)53(63)50(61)45-43-41-39-37-14-12-10-8-6-4-2/h19-20,22-23,49-56,58,60-66H,3-18,21,24-48H2,1-2H3,(H,59,67)/b20-19-,23-22-. The molecule has 69 heavy (non-hydrogen) atoms. The maximum atomic E-state index is 13.1. The minimum absolute atomic E-state index is 0.262. The van der Waals surface area contributed by atoms with Crippen LogP contribution in [0.1, 0.15) is 271 Å². The molecule has 408 valence electrons. The van der Waals surface area contributed by atoms with E-state index in [2.05, 4.69) is 43.5 Å². The molecule has 1 heterocycles. The lowest BCUT2D eigenvalue weighted by atomic mass is 9.98. The summed E-state index contributed by atoms with van der Waals surface area (Å²) < 4.78 is 11.1. The number of nitrogens with one attached hydrogen (secondary N) is 1. The quantitative estimate of drug-likeness (QED) is 0.0215. The molecule has 9 unspecified atom stereocenters. The molecule has 0 saturated carbocycles. The molecule has 1 rings (SSSR count). The highest BCUT2D eigenvalue weighted by Crippen LogP contribution is 2.23. The number of carbonyl (C=O) groups is 1. The first-order valence-corrected chi connectivity index (χ1v) is 29.2. The van der Waals surface area contributed by atoms with E-state index >= 15 is 0 Å². The average molecular weight is 983 g/mol. The van der Waals surface area contributed by atoms with Gasteiger partial charge in [-0.05, 0) is 44.9 Å². The highest BCUT2D eigenvalue weighted by molar-refractivity contribution is 5.80. The molecule has 1 fully saturated rings. The Bertz CT molecular complexity index is 1170. The van der Waals surface area contributed by atoms with Gasteiger partial charge in [-0.2, -0.15) is 0 Å². The summed E-state index contributed by atoms with van der Waals surface area (Å²) in [7, 11) is 0. The number of aliphatic hydroxyl groups excluding tert-OH is 7. The van der Waals surface area contributed by atoms with E-state index in [4.69, 9.17) is 9.47 Å². The molecule has 0 aliphatic carbocycles. The van der Waals surface area contributed by atoms with Crippen molar-refractivity contribution in [3.8, 4) is 0 Å². The van der Waals surface area contributed by atoms with E-state index in [1.807, 2.05) is 0 Å². The highest BCUT2D eigenvalue weighted by atomic mass is 16.7. The SMILES string of the molecule is CCCCCCCCCCC/C=C\C/C=C\CCCCCCCCCCCCCCCCCCC(O)C(=O)NC(COC1OC(CO)C(O)C(O)C1O)C(O)C(O)CCCCCCCCCCCC. The van der Waals surface area contributed by atoms with Crippen molar-refractivity contribution in [2.45, 2.75) is 326 Å². The van der Waals surface area contributed by atoms with Crippen LogP contribution >= 0.6 is 0 Å². The topological polar surface area (TPSA) is 189 Å². The van der Waals surface area contributed by atoms with Crippen LogP contribution in [-0.2, 0) is 14.3 Å². The number of carbonyl (C=O) groups excluding carboxylic acids is 1. The van der Waals surface area contributed by atoms with Crippen LogP contribution in [0.25, 0.3) is 0 Å². The predicted molar refractivity (Wildman–Crippen MR) is 284 cm³/mol. The molecule has 0 aromatic carbocycles. The summed E-state index contributed by atoms with van der Waals surface area (Å²) in [4.78, 5) is 13.1. The van der Waals surface area contributed by atoms with Crippen LogP contribution in [0.2, 0.25) is 0 Å². The summed E-state index contributed by atoms with van der Waals surface area (Å²) in [6, 6.07) is -1.16. The van der Waals surface area contributed by atoms with Crippen molar-refractivity contribution >= 4 is 5.91 Å². The van der Waals surface area contributed by atoms with Gasteiger partial charge in [0.05, 0.1) is 25.4 Å². The Balaban J connectivity index is 2.17. The van der Waals surface area contributed by atoms with E-state index in [-0.39, 0.29) is 6.42 Å². The van der Waals surface area contributed by atoms with Crippen LogP contribution in [0.5, 0.6) is 0 Å². The van der Waals surface area contributed by atoms with Gasteiger partial charge in [-0.1, -0.05) is 250 Å². The Labute approximate surface area is 423 Å². The van der Waals surface area contributed by atoms with Crippen LogP contribution in [0.3, 0.4) is 0 Å². The minimum atomic E-state index is -1.66. The van der Waals surface area contributed by atoms with E-state index in [0.29, 0.717) is 19.3 Å². The van der Waals surface area contributed by atoms with Crippen LogP contribution in [0.15, 0.2) is 24.3 Å². The lowest BCUT2D eigenvalue weighted by Crippen LogP contribution is -2.60. The molecule has 1 aliphatic heterocycles. The Morgan fingerprint density at radius 3 is 1.29 bits per heavy atom. The Morgan fingerprint density at radius 1 is 0.507 bits per heavy atom. The van der Waals surface area contributed by atoms with E-state index in [1.54, 1.807) is 0 Å². The van der Waals surface area contributed by atoms with E-state index in [0.717, 1.165) is 44.9 Å². The number of aliphatic hydroxyl groups is 7. The molecule has 9 atom stereocenters. The molecule has 11 heteroatoms. The van der Waals surface area contributed by atoms with E-state index < -0.39 is 74.2 Å². The highest BCUT2D eigenvalue weighted by Gasteiger charge is 2.44. The van der Waals surface area contributed by atoms with Gasteiger partial charge in [0.1, 0.15) is 36.6 Å². The van der Waals surface area contributed by atoms with Gasteiger partial charge in [-0.15, -0.1) is 0 Å². The third-order valence-corrected chi connectivity index (χ3v) is 14.3. The number of hydrogen-bond acceptors (Lipinski definition) is 10. The largest absolute Gasteiger partial charge is 0.394 e. The molecular weight excluding hydrogens is 871 g/mol. The van der Waals surface area contributed by atoms with Crippen LogP contribution in [0.4, 0.5) is 0 Å². The first-order valence-electron chi connectivity index (χ1n) is 29.2. The van der Waals surface area contributed by atoms with Crippen molar-refractivity contribution < 1.29 is 50.0 Å². The van der Waals surface area contributed by atoms with Gasteiger partial charge in [-0.25, -0.2) is 0 Å². The maximum absolute atomic E-state index is 13.1. The van der Waals surface area contributed by atoms with Gasteiger partial charge in [0.25, 0.3) is 0 Å². The monoisotopic (exact) mass is 982 g/mol. The van der Waals surface area contributed by atoms with Crippen molar-refractivity contribution in [3.05, 3.63) is 24.3 Å². The van der Waals surface area contributed by atoms with Crippen molar-refractivity contribution in [2.24, 2.45) is 0 Å². The van der Waals surface area contributed by atoms with Gasteiger partial charge in [0, 0.05) is 0 Å². The van der Waals surface area contributed by atoms with Crippen molar-refractivity contribution in [3.63, 3.8) is 0 Å². The smallest absolute Gasteiger partial charge is 0.249 e. The molecule has 8 N–H and O–H groups in total. The number of hydrogen-bond donors (Lipinski definition) is 8. The molecule has 11 nitrogen and oxygen atoms in total. The Morgan fingerprint density at radius 2 is 0.884 bits per heavy atom. The summed E-state index contributed by atoms with van der Waals surface area (Å²) in [5.41, 5.74) is 0. The zero-order chi connectivity index (χ0) is 50.4. The zero-order valence-corrected chi connectivity index (χ0v) is 44.6. The van der Waals surface area contributed by atoms with Crippen LogP contribution in [0, 0.1) is 0 Å². The molecule has 1 aliphatic rings. The normalized spacial score (nSPS) is 20.5. The van der Waals surface area contributed by atoms with E-state index in [1.165, 1.54) is 186 Å². The summed E-state index contributed by atoms with van der Waals surface area (Å²) in [6.07, 6.45) is 45.5. The molecular formula is C58H111NO10. The second-order valence-corrected chi connectivity index (χ2v) is 20.7. The first kappa shape index (κ1) is 65.6.